The molecule has 1 unspecified atom stereocenters. The summed E-state index contributed by atoms with van der Waals surface area (Å²) in [6, 6.07) is 13.5. The second-order valence-corrected chi connectivity index (χ2v) is 13.5. The largest absolute Gasteiger partial charge is 0.508 e. The normalized spacial score (nSPS) is 20.2. The van der Waals surface area contributed by atoms with Gasteiger partial charge in [-0.15, -0.1) is 0 Å². The Hall–Kier alpha value is -4.98. The van der Waals surface area contributed by atoms with Crippen molar-refractivity contribution < 1.29 is 18.6 Å². The van der Waals surface area contributed by atoms with Crippen molar-refractivity contribution in [3.05, 3.63) is 111 Å². The maximum Gasteiger partial charge on any atom is 0.337 e. The predicted molar refractivity (Wildman–Crippen MR) is 192 cm³/mol. The van der Waals surface area contributed by atoms with Crippen LogP contribution in [0.1, 0.15) is 37.3 Å². The zero-order chi connectivity index (χ0) is 35.6. The number of rotatable bonds is 11. The van der Waals surface area contributed by atoms with Crippen LogP contribution in [0.3, 0.4) is 0 Å². The van der Waals surface area contributed by atoms with E-state index in [1.54, 1.807) is 31.4 Å². The molecule has 11 nitrogen and oxygen atoms in total. The Labute approximate surface area is 293 Å². The predicted octanol–water partition coefficient (Wildman–Crippen LogP) is 4.67. The van der Waals surface area contributed by atoms with Gasteiger partial charge in [-0.1, -0.05) is 18.2 Å². The van der Waals surface area contributed by atoms with Crippen molar-refractivity contribution in [1.29, 1.82) is 0 Å². The molecule has 0 radical (unpaired) electrons. The zero-order valence-corrected chi connectivity index (χ0v) is 28.6. The molecule has 2 aromatic carbocycles. The van der Waals surface area contributed by atoms with E-state index in [2.05, 4.69) is 20.2 Å². The van der Waals surface area contributed by atoms with Crippen molar-refractivity contribution in [3.63, 3.8) is 0 Å². The highest BCUT2D eigenvalue weighted by molar-refractivity contribution is 5.96. The molecule has 4 heterocycles. The lowest BCUT2D eigenvalue weighted by Crippen LogP contribution is -2.45. The quantitative estimate of drug-likeness (QED) is 0.232. The Morgan fingerprint density at radius 3 is 2.69 bits per heavy atom. The SMILES string of the molecule is COCCN(C)Cc1cc(O)ccc1-c1cccc(-n2c(=O)n([C@H]3CC[C@@H](NCC4CN5C=C(F)C=CC5=N4)CC3)c(=O)c3cc(F)cnc32)c1. The summed E-state index contributed by atoms with van der Waals surface area (Å²) in [6.07, 6.45) is 8.19. The molecule has 1 saturated carbocycles. The number of nitrogens with one attached hydrogen (secondary N) is 1. The van der Waals surface area contributed by atoms with Gasteiger partial charge in [0, 0.05) is 51.6 Å². The number of methoxy groups -OCH3 is 1. The van der Waals surface area contributed by atoms with Gasteiger partial charge >= 0.3 is 5.69 Å². The Bertz CT molecular complexity index is 2150. The van der Waals surface area contributed by atoms with Crippen LogP contribution < -0.4 is 16.6 Å². The van der Waals surface area contributed by atoms with Gasteiger partial charge in [0.2, 0.25) is 0 Å². The van der Waals surface area contributed by atoms with Crippen molar-refractivity contribution in [2.75, 3.05) is 40.4 Å². The summed E-state index contributed by atoms with van der Waals surface area (Å²) in [6.45, 7) is 3.04. The molecule has 1 fully saturated rings. The lowest BCUT2D eigenvalue weighted by molar-refractivity contribution is 0.158. The molecule has 2 N–H and O–H groups in total. The van der Waals surface area contributed by atoms with Crippen molar-refractivity contribution >= 4 is 16.9 Å². The molecule has 13 heteroatoms. The van der Waals surface area contributed by atoms with Gasteiger partial charge in [-0.3, -0.25) is 19.3 Å². The van der Waals surface area contributed by atoms with Crippen LogP contribution >= 0.6 is 0 Å². The van der Waals surface area contributed by atoms with Crippen LogP contribution in [0, 0.1) is 5.82 Å². The minimum absolute atomic E-state index is 0.00721. The summed E-state index contributed by atoms with van der Waals surface area (Å²) in [5.41, 5.74) is 2.03. The molecule has 2 aromatic heterocycles. The number of aliphatic imine (C=N–C) groups is 1. The maximum absolute atomic E-state index is 14.6. The molecule has 0 saturated heterocycles. The first kappa shape index (κ1) is 34.5. The fourth-order valence-corrected chi connectivity index (χ4v) is 7.34. The maximum atomic E-state index is 14.6. The van der Waals surface area contributed by atoms with Gasteiger partial charge in [-0.25, -0.2) is 23.1 Å². The third-order valence-electron chi connectivity index (χ3n) is 9.90. The number of nitrogens with zero attached hydrogens (tertiary/aromatic N) is 6. The second kappa shape index (κ2) is 14.7. The number of allylic oxidation sites excluding steroid dienone is 2. The molecule has 3 aliphatic rings. The molecule has 0 bridgehead atoms. The van der Waals surface area contributed by atoms with E-state index in [4.69, 9.17) is 4.74 Å². The number of phenolic OH excluding ortho intramolecular Hbond substituents is 1. The third-order valence-corrected chi connectivity index (χ3v) is 9.90. The average Bonchev–Trinajstić information content (AvgIpc) is 3.53. The van der Waals surface area contributed by atoms with E-state index in [-0.39, 0.29) is 40.7 Å². The van der Waals surface area contributed by atoms with Crippen molar-refractivity contribution in [3.8, 4) is 22.6 Å². The van der Waals surface area contributed by atoms with E-state index in [1.807, 2.05) is 36.2 Å². The number of amidine groups is 1. The molecule has 4 aromatic rings. The number of hydrogen-bond acceptors (Lipinski definition) is 9. The molecule has 1 aliphatic carbocycles. The average molecular weight is 698 g/mol. The first-order valence-corrected chi connectivity index (χ1v) is 17.2. The molecule has 266 valence electrons. The second-order valence-electron chi connectivity index (χ2n) is 13.5. The van der Waals surface area contributed by atoms with Crippen LogP contribution in [0.25, 0.3) is 27.8 Å². The van der Waals surface area contributed by atoms with Gasteiger partial charge in [-0.05, 0) is 91.9 Å². The van der Waals surface area contributed by atoms with E-state index in [1.165, 1.54) is 21.4 Å². The highest BCUT2D eigenvalue weighted by Crippen LogP contribution is 2.31. The van der Waals surface area contributed by atoms with Crippen LogP contribution in [0.2, 0.25) is 0 Å². The molecule has 7 rings (SSSR count). The Morgan fingerprint density at radius 1 is 1.06 bits per heavy atom. The number of fused-ring (bicyclic) bond motifs is 2. The highest BCUT2D eigenvalue weighted by Gasteiger charge is 2.29. The fourth-order valence-electron chi connectivity index (χ4n) is 7.34. The molecule has 0 spiro atoms. The van der Waals surface area contributed by atoms with E-state index < -0.39 is 17.1 Å². The molecular formula is C38H41F2N7O4. The number of ether oxygens (including phenoxy) is 1. The minimum Gasteiger partial charge on any atom is -0.508 e. The molecule has 2 aliphatic heterocycles. The van der Waals surface area contributed by atoms with E-state index in [9.17, 15) is 23.5 Å². The Morgan fingerprint density at radius 2 is 1.88 bits per heavy atom. The summed E-state index contributed by atoms with van der Waals surface area (Å²) in [4.78, 5) is 41.1. The van der Waals surface area contributed by atoms with Gasteiger partial charge in [0.05, 0.1) is 29.9 Å². The van der Waals surface area contributed by atoms with Gasteiger partial charge in [0.15, 0.2) is 5.65 Å². The van der Waals surface area contributed by atoms with Crippen LogP contribution in [0.15, 0.2) is 93.5 Å². The standard InChI is InChI=1S/C38H41F2N7O4/c1-44(14-15-51-2)21-25-17-32(48)11-12-33(25)24-4-3-5-31(16-24)46-36-34(18-27(40)19-42-36)37(49)47(38(46)50)30-9-7-28(8-10-30)41-20-29-23-45-22-26(39)6-13-35(45)43-29/h3-6,11-13,16-19,22,28-30,41,48H,7-10,14-15,20-21,23H2,1-2H3/t28-,29?,30+. The van der Waals surface area contributed by atoms with Crippen LogP contribution in [-0.4, -0.2) is 87.3 Å². The van der Waals surface area contributed by atoms with Gasteiger partial charge in [-0.2, -0.15) is 0 Å². The molecule has 0 amide bonds. The van der Waals surface area contributed by atoms with Crippen LogP contribution in [-0.2, 0) is 11.3 Å². The number of benzene rings is 2. The Balaban J connectivity index is 1.16. The summed E-state index contributed by atoms with van der Waals surface area (Å²) in [7, 11) is 3.62. The van der Waals surface area contributed by atoms with Crippen molar-refractivity contribution in [2.45, 2.75) is 50.4 Å². The summed E-state index contributed by atoms with van der Waals surface area (Å²) < 4.78 is 36.1. The summed E-state index contributed by atoms with van der Waals surface area (Å²) >= 11 is 0. The number of pyridine rings is 1. The smallest absolute Gasteiger partial charge is 0.337 e. The van der Waals surface area contributed by atoms with Gasteiger partial charge < -0.3 is 20.1 Å². The number of aromatic nitrogens is 3. The number of likely N-dealkylation sites (N-methyl/N-ethyl adjacent to an activating group) is 1. The van der Waals surface area contributed by atoms with E-state index in [0.717, 1.165) is 47.6 Å². The van der Waals surface area contributed by atoms with Gasteiger partial charge in [0.25, 0.3) is 5.56 Å². The van der Waals surface area contributed by atoms with E-state index in [0.29, 0.717) is 51.3 Å². The fraction of sp³-hybridized carbons (Fsp3) is 0.368. The van der Waals surface area contributed by atoms with E-state index >= 15 is 0 Å². The molecular weight excluding hydrogens is 656 g/mol. The number of aromatic hydroxyl groups is 1. The topological polar surface area (TPSA) is 117 Å². The number of halogens is 2. The highest BCUT2D eigenvalue weighted by atomic mass is 19.1. The van der Waals surface area contributed by atoms with Crippen molar-refractivity contribution in [2.24, 2.45) is 4.99 Å². The van der Waals surface area contributed by atoms with Gasteiger partial charge in [0.1, 0.15) is 23.2 Å². The lowest BCUT2D eigenvalue weighted by Gasteiger charge is -2.31. The first-order valence-electron chi connectivity index (χ1n) is 17.2. The number of hydrogen-bond donors (Lipinski definition) is 2. The zero-order valence-electron chi connectivity index (χ0n) is 28.6. The monoisotopic (exact) mass is 697 g/mol. The van der Waals surface area contributed by atoms with Crippen LogP contribution in [0.4, 0.5) is 8.78 Å². The Kier molecular flexibility index (Phi) is 9.94. The lowest BCUT2D eigenvalue weighted by atomic mass is 9.90. The minimum atomic E-state index is -0.662. The van der Waals surface area contributed by atoms with Crippen molar-refractivity contribution in [1.82, 2.24) is 29.2 Å². The third kappa shape index (κ3) is 7.27. The molecule has 1 atom stereocenters. The first-order chi connectivity index (χ1) is 24.7. The summed E-state index contributed by atoms with van der Waals surface area (Å²) in [5.74, 6) is -0.0570. The molecule has 51 heavy (non-hydrogen) atoms. The summed E-state index contributed by atoms with van der Waals surface area (Å²) in [5, 5.41) is 13.9. The van der Waals surface area contributed by atoms with Crippen LogP contribution in [0.5, 0.6) is 5.75 Å². The number of phenols is 1.